The number of anilines is 3. The molecule has 4 heterocycles. The summed E-state index contributed by atoms with van der Waals surface area (Å²) in [5.41, 5.74) is 2.08. The summed E-state index contributed by atoms with van der Waals surface area (Å²) in [6, 6.07) is 3.86. The third-order valence-corrected chi connectivity index (χ3v) is 5.83. The van der Waals surface area contributed by atoms with Gasteiger partial charge in [-0.2, -0.15) is 10.2 Å². The van der Waals surface area contributed by atoms with Crippen LogP contribution in [0, 0.1) is 24.2 Å². The van der Waals surface area contributed by atoms with Gasteiger partial charge in [0, 0.05) is 24.3 Å². The number of nitrogens with zero attached hydrogens (tertiary/aromatic N) is 7. The molecular formula is C23H29N9O. The van der Waals surface area contributed by atoms with Crippen molar-refractivity contribution in [3.63, 3.8) is 0 Å². The highest BCUT2D eigenvalue weighted by Gasteiger charge is 2.27. The number of hydrogen-bond acceptors (Lipinski definition) is 10. The maximum Gasteiger partial charge on any atom is 0.261 e. The predicted octanol–water partition coefficient (Wildman–Crippen LogP) is 3.77. The van der Waals surface area contributed by atoms with Crippen molar-refractivity contribution in [2.75, 3.05) is 30.3 Å². The Bertz CT molecular complexity index is 1120. The second-order valence-electron chi connectivity index (χ2n) is 9.27. The Morgan fingerprint density at radius 3 is 2.48 bits per heavy atom. The van der Waals surface area contributed by atoms with Crippen LogP contribution in [0.4, 0.5) is 17.3 Å². The van der Waals surface area contributed by atoms with Gasteiger partial charge >= 0.3 is 0 Å². The molecule has 3 aromatic rings. The van der Waals surface area contributed by atoms with Gasteiger partial charge in [-0.3, -0.25) is 4.90 Å². The molecule has 4 rings (SSSR count). The minimum absolute atomic E-state index is 0.210. The molecular weight excluding hydrogens is 418 g/mol. The lowest BCUT2D eigenvalue weighted by Gasteiger charge is -2.41. The standard InChI is InChI=1S/C23H29N9O/c1-15-29-22(33-31-15)18-13-28-20(30-21-14-25-17(10-24)12-27-21)9-19(18)26-11-16-5-7-32(8-6-16)23(2,3)4/h9,12-14,16H,5-8,11H2,1-4H3,(H2,26,27,28,30). The third-order valence-electron chi connectivity index (χ3n) is 5.83. The van der Waals surface area contributed by atoms with Crippen molar-refractivity contribution in [2.24, 2.45) is 5.92 Å². The van der Waals surface area contributed by atoms with E-state index >= 15 is 0 Å². The van der Waals surface area contributed by atoms with Gasteiger partial charge in [0.05, 0.1) is 23.6 Å². The topological polar surface area (TPSA) is 129 Å². The van der Waals surface area contributed by atoms with Crippen LogP contribution in [0.5, 0.6) is 0 Å². The molecule has 0 bridgehead atoms. The molecule has 0 amide bonds. The van der Waals surface area contributed by atoms with Crippen LogP contribution in [0.25, 0.3) is 11.5 Å². The number of nitrogens with one attached hydrogen (secondary N) is 2. The molecule has 1 aliphatic heterocycles. The summed E-state index contributed by atoms with van der Waals surface area (Å²) in [4.78, 5) is 19.6. The van der Waals surface area contributed by atoms with Crippen LogP contribution in [0.3, 0.4) is 0 Å². The molecule has 0 aliphatic carbocycles. The highest BCUT2D eigenvalue weighted by atomic mass is 16.5. The van der Waals surface area contributed by atoms with Crippen molar-refractivity contribution in [1.82, 2.24) is 30.0 Å². The molecule has 0 radical (unpaired) electrons. The molecule has 172 valence electrons. The minimum Gasteiger partial charge on any atom is -0.384 e. The lowest BCUT2D eigenvalue weighted by Crippen LogP contribution is -2.46. The van der Waals surface area contributed by atoms with Crippen LogP contribution < -0.4 is 10.6 Å². The predicted molar refractivity (Wildman–Crippen MR) is 125 cm³/mol. The summed E-state index contributed by atoms with van der Waals surface area (Å²) in [6.07, 6.45) is 6.93. The first-order valence-corrected chi connectivity index (χ1v) is 11.1. The van der Waals surface area contributed by atoms with E-state index in [1.807, 2.05) is 12.1 Å². The Morgan fingerprint density at radius 2 is 1.88 bits per heavy atom. The van der Waals surface area contributed by atoms with Gasteiger partial charge in [-0.25, -0.2) is 15.0 Å². The Labute approximate surface area is 193 Å². The normalized spacial score (nSPS) is 15.2. The summed E-state index contributed by atoms with van der Waals surface area (Å²) in [5.74, 6) is 2.67. The number of nitriles is 1. The number of aromatic nitrogens is 5. The van der Waals surface area contributed by atoms with E-state index in [0.717, 1.165) is 43.7 Å². The quantitative estimate of drug-likeness (QED) is 0.576. The molecule has 0 unspecified atom stereocenters. The molecule has 1 aliphatic rings. The fourth-order valence-electron chi connectivity index (χ4n) is 3.89. The molecule has 3 aromatic heterocycles. The number of rotatable bonds is 6. The zero-order valence-electron chi connectivity index (χ0n) is 19.5. The largest absolute Gasteiger partial charge is 0.384 e. The van der Waals surface area contributed by atoms with Gasteiger partial charge < -0.3 is 15.2 Å². The number of likely N-dealkylation sites (tertiary alicyclic amines) is 1. The molecule has 33 heavy (non-hydrogen) atoms. The van der Waals surface area contributed by atoms with Gasteiger partial charge in [0.2, 0.25) is 0 Å². The summed E-state index contributed by atoms with van der Waals surface area (Å²) < 4.78 is 5.40. The number of pyridine rings is 1. The molecule has 10 nitrogen and oxygen atoms in total. The first-order chi connectivity index (χ1) is 15.8. The van der Waals surface area contributed by atoms with Gasteiger partial charge in [-0.1, -0.05) is 5.16 Å². The van der Waals surface area contributed by atoms with Crippen molar-refractivity contribution < 1.29 is 4.52 Å². The monoisotopic (exact) mass is 447 g/mol. The van der Waals surface area contributed by atoms with Crippen LogP contribution in [0.2, 0.25) is 0 Å². The lowest BCUT2D eigenvalue weighted by atomic mass is 9.93. The van der Waals surface area contributed by atoms with Crippen LogP contribution >= 0.6 is 0 Å². The van der Waals surface area contributed by atoms with E-state index in [1.165, 1.54) is 12.4 Å². The minimum atomic E-state index is 0.210. The van der Waals surface area contributed by atoms with Crippen molar-refractivity contribution >= 4 is 17.3 Å². The highest BCUT2D eigenvalue weighted by Crippen LogP contribution is 2.30. The zero-order valence-corrected chi connectivity index (χ0v) is 19.5. The van der Waals surface area contributed by atoms with E-state index in [0.29, 0.717) is 29.3 Å². The van der Waals surface area contributed by atoms with Crippen molar-refractivity contribution in [3.05, 3.63) is 36.2 Å². The van der Waals surface area contributed by atoms with Crippen LogP contribution in [0.15, 0.2) is 29.2 Å². The number of piperidine rings is 1. The fourth-order valence-corrected chi connectivity index (χ4v) is 3.89. The second kappa shape index (κ2) is 9.50. The number of hydrogen-bond donors (Lipinski definition) is 2. The average molecular weight is 448 g/mol. The van der Waals surface area contributed by atoms with E-state index in [4.69, 9.17) is 9.78 Å². The summed E-state index contributed by atoms with van der Waals surface area (Å²) >= 11 is 0. The molecule has 1 fully saturated rings. The molecule has 10 heteroatoms. The smallest absolute Gasteiger partial charge is 0.261 e. The fraction of sp³-hybridized carbons (Fsp3) is 0.478. The molecule has 1 saturated heterocycles. The SMILES string of the molecule is Cc1noc(-c2cnc(Nc3cnc(C#N)cn3)cc2NCC2CCN(C(C)(C)C)CC2)n1. The molecule has 0 aromatic carbocycles. The van der Waals surface area contributed by atoms with E-state index in [-0.39, 0.29) is 11.2 Å². The van der Waals surface area contributed by atoms with Crippen molar-refractivity contribution in [1.29, 1.82) is 5.26 Å². The Balaban J connectivity index is 1.50. The van der Waals surface area contributed by atoms with Gasteiger partial charge in [0.15, 0.2) is 11.5 Å². The van der Waals surface area contributed by atoms with Crippen LogP contribution in [-0.4, -0.2) is 55.2 Å². The van der Waals surface area contributed by atoms with Gasteiger partial charge in [0.1, 0.15) is 17.7 Å². The summed E-state index contributed by atoms with van der Waals surface area (Å²) in [5, 5.41) is 19.5. The van der Waals surface area contributed by atoms with Gasteiger partial charge in [-0.05, 0) is 59.5 Å². The Morgan fingerprint density at radius 1 is 1.12 bits per heavy atom. The van der Waals surface area contributed by atoms with Gasteiger partial charge in [-0.15, -0.1) is 0 Å². The maximum atomic E-state index is 8.90. The van der Waals surface area contributed by atoms with E-state index < -0.39 is 0 Å². The highest BCUT2D eigenvalue weighted by molar-refractivity contribution is 5.75. The average Bonchev–Trinajstić information content (AvgIpc) is 3.24. The maximum absolute atomic E-state index is 8.90. The Hall–Kier alpha value is -3.58. The number of aryl methyl sites for hydroxylation is 1. The van der Waals surface area contributed by atoms with Gasteiger partial charge in [0.25, 0.3) is 5.89 Å². The lowest BCUT2D eigenvalue weighted by molar-refractivity contribution is 0.0903. The van der Waals surface area contributed by atoms with Crippen molar-refractivity contribution in [3.8, 4) is 17.5 Å². The summed E-state index contributed by atoms with van der Waals surface area (Å²) in [7, 11) is 0. The van der Waals surface area contributed by atoms with Crippen molar-refractivity contribution in [2.45, 2.75) is 46.1 Å². The first kappa shape index (κ1) is 22.6. The molecule has 0 spiro atoms. The van der Waals surface area contributed by atoms with Crippen LogP contribution in [0.1, 0.15) is 45.1 Å². The van der Waals surface area contributed by atoms with E-state index in [2.05, 4.69) is 61.4 Å². The Kier molecular flexibility index (Phi) is 6.51. The third kappa shape index (κ3) is 5.62. The second-order valence-corrected chi connectivity index (χ2v) is 9.27. The van der Waals surface area contributed by atoms with E-state index in [9.17, 15) is 0 Å². The van der Waals surface area contributed by atoms with Crippen LogP contribution in [-0.2, 0) is 0 Å². The zero-order chi connectivity index (χ0) is 23.4. The molecule has 2 N–H and O–H groups in total. The first-order valence-electron chi connectivity index (χ1n) is 11.1. The molecule has 0 saturated carbocycles. The molecule has 0 atom stereocenters. The summed E-state index contributed by atoms with van der Waals surface area (Å²) in [6.45, 7) is 11.7. The van der Waals surface area contributed by atoms with E-state index in [1.54, 1.807) is 13.1 Å².